The van der Waals surface area contributed by atoms with Crippen LogP contribution < -0.4 is 16.1 Å². The molecule has 1 saturated heterocycles. The van der Waals surface area contributed by atoms with Crippen LogP contribution in [0.15, 0.2) is 0 Å². The molecule has 2 unspecified atom stereocenters. The number of imide groups is 1. The molecule has 1 aliphatic heterocycles. The van der Waals surface area contributed by atoms with Gasteiger partial charge in [-0.3, -0.25) is 15.0 Å². The van der Waals surface area contributed by atoms with Crippen molar-refractivity contribution >= 4 is 17.8 Å². The third-order valence-corrected chi connectivity index (χ3v) is 6.93. The molecule has 1 spiro atoms. The zero-order valence-electron chi connectivity index (χ0n) is 17.8. The second kappa shape index (κ2) is 8.01. The molecule has 3 N–H and O–H groups in total. The molecule has 3 aliphatic rings. The van der Waals surface area contributed by atoms with Gasteiger partial charge in [-0.1, -0.05) is 40.5 Å². The van der Waals surface area contributed by atoms with Gasteiger partial charge in [-0.2, -0.15) is 5.01 Å². The topological polar surface area (TPSA) is 90.5 Å². The van der Waals surface area contributed by atoms with Gasteiger partial charge in [0, 0.05) is 6.04 Å². The van der Waals surface area contributed by atoms with Crippen LogP contribution in [0, 0.1) is 17.3 Å². The predicted molar refractivity (Wildman–Crippen MR) is 107 cm³/mol. The molecule has 1 heterocycles. The van der Waals surface area contributed by atoms with Crippen molar-refractivity contribution < 1.29 is 14.4 Å². The Labute approximate surface area is 168 Å². The van der Waals surface area contributed by atoms with Crippen LogP contribution in [0.25, 0.3) is 0 Å². The molecule has 4 amide bonds. The number of hydrogen-bond acceptors (Lipinski definition) is 4. The van der Waals surface area contributed by atoms with E-state index >= 15 is 0 Å². The van der Waals surface area contributed by atoms with Crippen molar-refractivity contribution in [2.45, 2.75) is 90.6 Å². The Balaban J connectivity index is 1.54. The number of urea groups is 1. The third kappa shape index (κ3) is 4.34. The van der Waals surface area contributed by atoms with E-state index in [9.17, 15) is 14.4 Å². The standard InChI is InChI=1S/C21H36N4O3/c1-14-9-11-21(12-10-14)18(27)25(19(28)23-21)24-17(26)13-22-16-8-6-5-7-15(16)20(2,3)4/h14-16,22H,5-13H2,1-4H3,(H,23,28)(H,24,26). The van der Waals surface area contributed by atoms with Crippen LogP contribution >= 0.6 is 0 Å². The lowest BCUT2D eigenvalue weighted by Gasteiger charge is -2.41. The highest BCUT2D eigenvalue weighted by atomic mass is 16.2. The smallest absolute Gasteiger partial charge is 0.322 e. The Morgan fingerprint density at radius 1 is 1.14 bits per heavy atom. The zero-order chi connectivity index (χ0) is 20.5. The first-order valence-electron chi connectivity index (χ1n) is 10.8. The number of nitrogens with zero attached hydrogens (tertiary/aromatic N) is 1. The van der Waals surface area contributed by atoms with Gasteiger partial charge in [-0.05, 0) is 55.8 Å². The molecule has 3 fully saturated rings. The molecule has 0 bridgehead atoms. The van der Waals surface area contributed by atoms with Crippen LogP contribution in [0.3, 0.4) is 0 Å². The van der Waals surface area contributed by atoms with E-state index in [2.05, 4.69) is 43.8 Å². The summed E-state index contributed by atoms with van der Waals surface area (Å²) < 4.78 is 0. The third-order valence-electron chi connectivity index (χ3n) is 6.93. The Hall–Kier alpha value is -1.63. The lowest BCUT2D eigenvalue weighted by Crippen LogP contribution is -2.54. The van der Waals surface area contributed by atoms with Crippen molar-refractivity contribution in [1.82, 2.24) is 21.1 Å². The quantitative estimate of drug-likeness (QED) is 0.642. The minimum absolute atomic E-state index is 0.109. The van der Waals surface area contributed by atoms with E-state index in [0.717, 1.165) is 30.7 Å². The van der Waals surface area contributed by atoms with E-state index < -0.39 is 11.6 Å². The number of amides is 4. The number of rotatable bonds is 4. The van der Waals surface area contributed by atoms with Crippen LogP contribution in [0.2, 0.25) is 0 Å². The summed E-state index contributed by atoms with van der Waals surface area (Å²) >= 11 is 0. The molecule has 2 aliphatic carbocycles. The highest BCUT2D eigenvalue weighted by Crippen LogP contribution is 2.38. The maximum atomic E-state index is 12.8. The summed E-state index contributed by atoms with van der Waals surface area (Å²) in [6.45, 7) is 9.01. The summed E-state index contributed by atoms with van der Waals surface area (Å²) in [6.07, 6.45) is 7.71. The van der Waals surface area contributed by atoms with Crippen molar-refractivity contribution in [1.29, 1.82) is 0 Å². The number of carbonyl (C=O) groups excluding carboxylic acids is 3. The Morgan fingerprint density at radius 3 is 2.43 bits per heavy atom. The van der Waals surface area contributed by atoms with Crippen LogP contribution in [0.1, 0.15) is 79.1 Å². The van der Waals surface area contributed by atoms with Crippen molar-refractivity contribution in [2.75, 3.05) is 6.54 Å². The van der Waals surface area contributed by atoms with Gasteiger partial charge in [0.1, 0.15) is 5.54 Å². The van der Waals surface area contributed by atoms with E-state index in [4.69, 9.17) is 0 Å². The average Bonchev–Trinajstić information content (AvgIpc) is 2.86. The number of nitrogens with one attached hydrogen (secondary N) is 3. The molecule has 3 rings (SSSR count). The highest BCUT2D eigenvalue weighted by molar-refractivity contribution is 6.08. The fourth-order valence-corrected chi connectivity index (χ4v) is 5.12. The maximum Gasteiger partial charge on any atom is 0.344 e. The first-order valence-corrected chi connectivity index (χ1v) is 10.8. The van der Waals surface area contributed by atoms with Crippen molar-refractivity contribution in [2.24, 2.45) is 17.3 Å². The molecule has 2 saturated carbocycles. The Kier molecular flexibility index (Phi) is 6.03. The zero-order valence-corrected chi connectivity index (χ0v) is 17.8. The summed E-state index contributed by atoms with van der Waals surface area (Å²) in [5.41, 5.74) is 1.88. The molecule has 0 aromatic carbocycles. The maximum absolute atomic E-state index is 12.8. The van der Waals surface area contributed by atoms with Gasteiger partial charge in [0.15, 0.2) is 0 Å². The summed E-state index contributed by atoms with van der Waals surface area (Å²) in [5.74, 6) is 0.415. The van der Waals surface area contributed by atoms with Crippen LogP contribution in [0.4, 0.5) is 4.79 Å². The summed E-state index contributed by atoms with van der Waals surface area (Å²) in [4.78, 5) is 37.6. The molecule has 2 atom stereocenters. The van der Waals surface area contributed by atoms with Gasteiger partial charge >= 0.3 is 6.03 Å². The normalized spacial score (nSPS) is 33.9. The Bertz CT molecular complexity index is 620. The van der Waals surface area contributed by atoms with Gasteiger partial charge in [0.25, 0.3) is 11.8 Å². The van der Waals surface area contributed by atoms with Crippen LogP contribution in [-0.2, 0) is 9.59 Å². The molecule has 28 heavy (non-hydrogen) atoms. The van der Waals surface area contributed by atoms with E-state index in [1.165, 1.54) is 12.8 Å². The minimum atomic E-state index is -0.828. The van der Waals surface area contributed by atoms with E-state index in [1.54, 1.807) is 0 Å². The van der Waals surface area contributed by atoms with Gasteiger partial charge in [-0.25, -0.2) is 4.79 Å². The minimum Gasteiger partial charge on any atom is -0.322 e. The summed E-state index contributed by atoms with van der Waals surface area (Å²) in [6, 6.07) is -0.230. The summed E-state index contributed by atoms with van der Waals surface area (Å²) in [5, 5.41) is 7.10. The fraction of sp³-hybridized carbons (Fsp3) is 0.857. The fourth-order valence-electron chi connectivity index (χ4n) is 5.12. The van der Waals surface area contributed by atoms with Crippen LogP contribution in [0.5, 0.6) is 0 Å². The second-order valence-electron chi connectivity index (χ2n) is 10.1. The Morgan fingerprint density at radius 2 is 1.79 bits per heavy atom. The highest BCUT2D eigenvalue weighted by Gasteiger charge is 2.52. The van der Waals surface area contributed by atoms with Gasteiger partial charge in [0.05, 0.1) is 6.54 Å². The monoisotopic (exact) mass is 392 g/mol. The van der Waals surface area contributed by atoms with Gasteiger partial charge in [0.2, 0.25) is 0 Å². The predicted octanol–water partition coefficient (Wildman–Crippen LogP) is 2.71. The van der Waals surface area contributed by atoms with Gasteiger partial charge in [-0.15, -0.1) is 0 Å². The molecule has 7 heteroatoms. The first-order chi connectivity index (χ1) is 13.1. The van der Waals surface area contributed by atoms with E-state index in [0.29, 0.717) is 24.7 Å². The summed E-state index contributed by atoms with van der Waals surface area (Å²) in [7, 11) is 0. The molecule has 7 nitrogen and oxygen atoms in total. The molecule has 0 aromatic heterocycles. The average molecular weight is 393 g/mol. The molecular weight excluding hydrogens is 356 g/mol. The van der Waals surface area contributed by atoms with Crippen molar-refractivity contribution in [3.63, 3.8) is 0 Å². The first kappa shape index (κ1) is 21.1. The SMILES string of the molecule is CC1CCC2(CC1)NC(=O)N(NC(=O)CNC1CCCCC1C(C)(C)C)C2=O. The molecular formula is C21H36N4O3. The lowest BCUT2D eigenvalue weighted by atomic mass is 9.69. The van der Waals surface area contributed by atoms with E-state index in [-0.39, 0.29) is 29.8 Å². The number of hydrazine groups is 1. The molecule has 0 aromatic rings. The number of carbonyl (C=O) groups is 3. The molecule has 0 radical (unpaired) electrons. The molecule has 158 valence electrons. The van der Waals surface area contributed by atoms with Crippen molar-refractivity contribution in [3.05, 3.63) is 0 Å². The lowest BCUT2D eigenvalue weighted by molar-refractivity contribution is -0.139. The van der Waals surface area contributed by atoms with E-state index in [1.807, 2.05) is 0 Å². The largest absolute Gasteiger partial charge is 0.344 e. The number of hydrogen-bond donors (Lipinski definition) is 3. The van der Waals surface area contributed by atoms with Crippen molar-refractivity contribution in [3.8, 4) is 0 Å². The second-order valence-corrected chi connectivity index (χ2v) is 10.1. The van der Waals surface area contributed by atoms with Gasteiger partial charge < -0.3 is 10.6 Å². The van der Waals surface area contributed by atoms with Crippen LogP contribution in [-0.4, -0.2) is 41.0 Å².